The van der Waals surface area contributed by atoms with Gasteiger partial charge in [-0.25, -0.2) is 0 Å². The highest BCUT2D eigenvalue weighted by Gasteiger charge is 2.23. The van der Waals surface area contributed by atoms with E-state index in [1.54, 1.807) is 35.6 Å². The van der Waals surface area contributed by atoms with E-state index in [4.69, 9.17) is 0 Å². The lowest BCUT2D eigenvalue weighted by Gasteiger charge is -2.15. The van der Waals surface area contributed by atoms with Gasteiger partial charge in [0.05, 0.1) is 6.54 Å². The van der Waals surface area contributed by atoms with Crippen LogP contribution in [0.15, 0.2) is 41.1 Å². The quantitative estimate of drug-likeness (QED) is 0.812. The maximum absolute atomic E-state index is 12.2. The largest absolute Gasteiger partial charge is 0.349 e. The molecule has 2 N–H and O–H groups in total. The molecule has 3 rings (SSSR count). The van der Waals surface area contributed by atoms with Crippen molar-refractivity contribution in [2.24, 2.45) is 0 Å². The van der Waals surface area contributed by atoms with Gasteiger partial charge in [0.25, 0.3) is 5.91 Å². The second-order valence-corrected chi connectivity index (χ2v) is 6.96. The molecule has 2 aromatic rings. The molecule has 0 radical (unpaired) electrons. The van der Waals surface area contributed by atoms with E-state index in [1.165, 1.54) is 5.56 Å². The Kier molecular flexibility index (Phi) is 5.27. The molecular weight excluding hydrogens is 322 g/mol. The molecule has 1 aromatic heterocycles. The van der Waals surface area contributed by atoms with Crippen LogP contribution in [0.4, 0.5) is 5.69 Å². The lowest BCUT2D eigenvalue weighted by atomic mass is 10.2. The molecule has 0 aliphatic heterocycles. The molecule has 0 unspecified atom stereocenters. The summed E-state index contributed by atoms with van der Waals surface area (Å²) in [5, 5.41) is 9.92. The summed E-state index contributed by atoms with van der Waals surface area (Å²) < 4.78 is 0. The summed E-state index contributed by atoms with van der Waals surface area (Å²) in [6.07, 6.45) is 2.11. The van der Waals surface area contributed by atoms with Gasteiger partial charge in [0.15, 0.2) is 0 Å². The first-order chi connectivity index (χ1) is 11.6. The first-order valence-electron chi connectivity index (χ1n) is 8.00. The molecule has 0 bridgehead atoms. The van der Waals surface area contributed by atoms with Gasteiger partial charge >= 0.3 is 0 Å². The molecule has 1 aliphatic rings. The van der Waals surface area contributed by atoms with E-state index >= 15 is 0 Å². The average molecular weight is 343 g/mol. The molecule has 0 spiro atoms. The van der Waals surface area contributed by atoms with Crippen LogP contribution in [-0.4, -0.2) is 36.3 Å². The Balaban J connectivity index is 1.52. The summed E-state index contributed by atoms with van der Waals surface area (Å²) in [7, 11) is 1.91. The third kappa shape index (κ3) is 4.91. The molecular formula is C18H21N3O2S. The van der Waals surface area contributed by atoms with Crippen molar-refractivity contribution in [1.29, 1.82) is 0 Å². The highest BCUT2D eigenvalue weighted by molar-refractivity contribution is 7.07. The van der Waals surface area contributed by atoms with Crippen LogP contribution in [0.1, 0.15) is 28.8 Å². The Bertz CT molecular complexity index is 711. The zero-order valence-electron chi connectivity index (χ0n) is 13.6. The molecule has 1 saturated carbocycles. The van der Waals surface area contributed by atoms with Crippen molar-refractivity contribution in [3.63, 3.8) is 0 Å². The van der Waals surface area contributed by atoms with Gasteiger partial charge in [-0.1, -0.05) is 6.07 Å². The van der Waals surface area contributed by atoms with E-state index in [2.05, 4.69) is 22.1 Å². The fourth-order valence-corrected chi connectivity index (χ4v) is 3.09. The zero-order chi connectivity index (χ0) is 16.9. The first kappa shape index (κ1) is 16.7. The van der Waals surface area contributed by atoms with Crippen LogP contribution in [0.3, 0.4) is 0 Å². The monoisotopic (exact) mass is 343 g/mol. The molecule has 1 heterocycles. The Labute approximate surface area is 145 Å². The first-order valence-corrected chi connectivity index (χ1v) is 8.95. The number of rotatable bonds is 7. The van der Waals surface area contributed by atoms with Crippen LogP contribution in [0.5, 0.6) is 0 Å². The minimum absolute atomic E-state index is 0.0804. The van der Waals surface area contributed by atoms with Gasteiger partial charge in [-0.3, -0.25) is 14.5 Å². The van der Waals surface area contributed by atoms with Crippen LogP contribution < -0.4 is 10.6 Å². The Morgan fingerprint density at radius 3 is 2.83 bits per heavy atom. The van der Waals surface area contributed by atoms with Gasteiger partial charge in [-0.15, -0.1) is 0 Å². The standard InChI is InChI=1S/C18H21N3O2S/c1-21(10-13-7-8-24-12-13)11-17(22)19-16-4-2-3-14(9-16)18(23)20-15-5-6-15/h2-4,7-9,12,15H,5-6,10-11H2,1H3,(H,19,22)(H,20,23). The molecule has 1 aliphatic carbocycles. The normalized spacial score (nSPS) is 13.8. The van der Waals surface area contributed by atoms with Crippen LogP contribution >= 0.6 is 11.3 Å². The van der Waals surface area contributed by atoms with Crippen molar-refractivity contribution in [2.75, 3.05) is 18.9 Å². The van der Waals surface area contributed by atoms with Gasteiger partial charge in [0.2, 0.25) is 5.91 Å². The summed E-state index contributed by atoms with van der Waals surface area (Å²) >= 11 is 1.65. The number of anilines is 1. The van der Waals surface area contributed by atoms with Crippen LogP contribution in [0, 0.1) is 0 Å². The molecule has 5 nitrogen and oxygen atoms in total. The minimum Gasteiger partial charge on any atom is -0.349 e. The Morgan fingerprint density at radius 1 is 1.29 bits per heavy atom. The predicted octanol–water partition coefficient (Wildman–Crippen LogP) is 2.71. The number of thiophene rings is 1. The number of likely N-dealkylation sites (N-methyl/N-ethyl adjacent to an activating group) is 1. The van der Waals surface area contributed by atoms with Crippen molar-refractivity contribution in [3.05, 3.63) is 52.2 Å². The van der Waals surface area contributed by atoms with Gasteiger partial charge in [-0.2, -0.15) is 11.3 Å². The Morgan fingerprint density at radius 2 is 2.12 bits per heavy atom. The number of benzene rings is 1. The van der Waals surface area contributed by atoms with Gasteiger partial charge < -0.3 is 10.6 Å². The predicted molar refractivity (Wildman–Crippen MR) is 96.2 cm³/mol. The van der Waals surface area contributed by atoms with Crippen molar-refractivity contribution in [3.8, 4) is 0 Å². The molecule has 24 heavy (non-hydrogen) atoms. The van der Waals surface area contributed by atoms with E-state index in [0.717, 1.165) is 19.4 Å². The number of amides is 2. The number of nitrogens with one attached hydrogen (secondary N) is 2. The van der Waals surface area contributed by atoms with Crippen LogP contribution in [-0.2, 0) is 11.3 Å². The molecule has 0 atom stereocenters. The summed E-state index contributed by atoms with van der Waals surface area (Å²) in [6.45, 7) is 1.04. The van der Waals surface area contributed by atoms with Gasteiger partial charge in [0, 0.05) is 23.8 Å². The zero-order valence-corrected chi connectivity index (χ0v) is 14.4. The number of carbonyl (C=O) groups is 2. The highest BCUT2D eigenvalue weighted by atomic mass is 32.1. The number of carbonyl (C=O) groups excluding carboxylic acids is 2. The second kappa shape index (κ2) is 7.59. The molecule has 2 amide bonds. The maximum atomic E-state index is 12.2. The molecule has 0 saturated heterocycles. The average Bonchev–Trinajstić information content (AvgIpc) is 3.21. The lowest BCUT2D eigenvalue weighted by Crippen LogP contribution is -2.30. The summed E-state index contributed by atoms with van der Waals surface area (Å²) in [5.74, 6) is -0.171. The lowest BCUT2D eigenvalue weighted by molar-refractivity contribution is -0.117. The summed E-state index contributed by atoms with van der Waals surface area (Å²) in [6, 6.07) is 9.43. The van der Waals surface area contributed by atoms with Crippen molar-refractivity contribution in [2.45, 2.75) is 25.4 Å². The Hall–Kier alpha value is -2.18. The number of hydrogen-bond donors (Lipinski definition) is 2. The SMILES string of the molecule is CN(CC(=O)Nc1cccc(C(=O)NC2CC2)c1)Cc1ccsc1. The smallest absolute Gasteiger partial charge is 0.251 e. The summed E-state index contributed by atoms with van der Waals surface area (Å²) in [4.78, 5) is 26.2. The minimum atomic E-state index is -0.0903. The van der Waals surface area contributed by atoms with E-state index in [-0.39, 0.29) is 11.8 Å². The molecule has 126 valence electrons. The van der Waals surface area contributed by atoms with Crippen molar-refractivity contribution >= 4 is 28.8 Å². The van der Waals surface area contributed by atoms with E-state index < -0.39 is 0 Å². The molecule has 6 heteroatoms. The fourth-order valence-electron chi connectivity index (χ4n) is 2.43. The van der Waals surface area contributed by atoms with Crippen LogP contribution in [0.2, 0.25) is 0 Å². The maximum Gasteiger partial charge on any atom is 0.251 e. The topological polar surface area (TPSA) is 61.4 Å². The van der Waals surface area contributed by atoms with Crippen molar-refractivity contribution < 1.29 is 9.59 Å². The summed E-state index contributed by atoms with van der Waals surface area (Å²) in [5.41, 5.74) is 2.42. The third-order valence-electron chi connectivity index (χ3n) is 3.77. The fraction of sp³-hybridized carbons (Fsp3) is 0.333. The van der Waals surface area contributed by atoms with E-state index in [1.807, 2.05) is 17.3 Å². The van der Waals surface area contributed by atoms with Gasteiger partial charge in [0.1, 0.15) is 0 Å². The third-order valence-corrected chi connectivity index (χ3v) is 4.50. The number of hydrogen-bond acceptors (Lipinski definition) is 4. The highest BCUT2D eigenvalue weighted by Crippen LogP contribution is 2.20. The second-order valence-electron chi connectivity index (χ2n) is 6.18. The van der Waals surface area contributed by atoms with E-state index in [9.17, 15) is 9.59 Å². The van der Waals surface area contributed by atoms with Gasteiger partial charge in [-0.05, 0) is 60.5 Å². The van der Waals surface area contributed by atoms with Crippen LogP contribution in [0.25, 0.3) is 0 Å². The van der Waals surface area contributed by atoms with Crippen molar-refractivity contribution in [1.82, 2.24) is 10.2 Å². The number of nitrogens with zero attached hydrogens (tertiary/aromatic N) is 1. The van der Waals surface area contributed by atoms with E-state index in [0.29, 0.717) is 23.8 Å². The molecule has 1 fully saturated rings. The molecule has 1 aromatic carbocycles.